The van der Waals surface area contributed by atoms with Crippen LogP contribution in [0.3, 0.4) is 0 Å². The van der Waals surface area contributed by atoms with Gasteiger partial charge in [0.1, 0.15) is 5.82 Å². The SMILES string of the molecule is O=C1[C@H](CO)[C@@H](c2ccc(F)cc2)CCN1[C@@H](CO)c1ccccc1. The van der Waals surface area contributed by atoms with Crippen LogP contribution in [0.25, 0.3) is 0 Å². The second kappa shape index (κ2) is 7.76. The number of likely N-dealkylation sites (tertiary alicyclic amines) is 1. The van der Waals surface area contributed by atoms with Crippen LogP contribution in [0.4, 0.5) is 4.39 Å². The lowest BCUT2D eigenvalue weighted by atomic mass is 9.79. The number of nitrogens with zero attached hydrogens (tertiary/aromatic N) is 1. The third-order valence-electron chi connectivity index (χ3n) is 5.00. The summed E-state index contributed by atoms with van der Waals surface area (Å²) < 4.78 is 13.2. The molecule has 5 heteroatoms. The van der Waals surface area contributed by atoms with Crippen LogP contribution in [0.5, 0.6) is 0 Å². The van der Waals surface area contributed by atoms with Gasteiger partial charge in [0.2, 0.25) is 5.91 Å². The lowest BCUT2D eigenvalue weighted by Gasteiger charge is -2.41. The molecule has 3 rings (SSSR count). The van der Waals surface area contributed by atoms with E-state index in [2.05, 4.69) is 0 Å². The number of piperidine rings is 1. The molecule has 0 saturated carbocycles. The van der Waals surface area contributed by atoms with Gasteiger partial charge in [0.25, 0.3) is 0 Å². The van der Waals surface area contributed by atoms with Gasteiger partial charge in [0, 0.05) is 6.54 Å². The minimum Gasteiger partial charge on any atom is -0.396 e. The van der Waals surface area contributed by atoms with E-state index in [4.69, 9.17) is 0 Å². The van der Waals surface area contributed by atoms with E-state index in [1.807, 2.05) is 30.3 Å². The number of benzene rings is 2. The van der Waals surface area contributed by atoms with Gasteiger partial charge < -0.3 is 15.1 Å². The van der Waals surface area contributed by atoms with Crippen LogP contribution in [0.2, 0.25) is 0 Å². The molecule has 0 spiro atoms. The summed E-state index contributed by atoms with van der Waals surface area (Å²) in [5.41, 5.74) is 1.73. The van der Waals surface area contributed by atoms with E-state index in [1.54, 1.807) is 17.0 Å². The number of rotatable bonds is 5. The molecule has 0 radical (unpaired) electrons. The Morgan fingerprint density at radius 3 is 2.36 bits per heavy atom. The number of hydrogen-bond acceptors (Lipinski definition) is 3. The summed E-state index contributed by atoms with van der Waals surface area (Å²) in [6, 6.07) is 15.1. The predicted molar refractivity (Wildman–Crippen MR) is 92.3 cm³/mol. The van der Waals surface area contributed by atoms with Gasteiger partial charge >= 0.3 is 0 Å². The van der Waals surface area contributed by atoms with E-state index < -0.39 is 12.0 Å². The molecule has 132 valence electrons. The van der Waals surface area contributed by atoms with E-state index in [1.165, 1.54) is 12.1 Å². The molecule has 0 bridgehead atoms. The molecular weight excluding hydrogens is 321 g/mol. The molecule has 3 atom stereocenters. The molecule has 1 aliphatic heterocycles. The van der Waals surface area contributed by atoms with Crippen molar-refractivity contribution in [3.8, 4) is 0 Å². The van der Waals surface area contributed by atoms with E-state index in [-0.39, 0.29) is 30.9 Å². The maximum absolute atomic E-state index is 13.2. The topological polar surface area (TPSA) is 60.8 Å². The second-order valence-electron chi connectivity index (χ2n) is 6.38. The summed E-state index contributed by atoms with van der Waals surface area (Å²) in [6.07, 6.45) is 0.659. The number of aliphatic hydroxyl groups excluding tert-OH is 2. The van der Waals surface area contributed by atoms with Crippen molar-refractivity contribution in [2.75, 3.05) is 19.8 Å². The quantitative estimate of drug-likeness (QED) is 0.877. The number of amides is 1. The molecule has 2 aromatic carbocycles. The molecule has 1 saturated heterocycles. The average Bonchev–Trinajstić information content (AvgIpc) is 2.65. The highest BCUT2D eigenvalue weighted by atomic mass is 19.1. The molecule has 0 aliphatic carbocycles. The number of carbonyl (C=O) groups is 1. The minimum atomic E-state index is -0.586. The summed E-state index contributed by atoms with van der Waals surface area (Å²) >= 11 is 0. The Balaban J connectivity index is 1.84. The highest BCUT2D eigenvalue weighted by Gasteiger charge is 2.39. The van der Waals surface area contributed by atoms with Crippen molar-refractivity contribution >= 4 is 5.91 Å². The van der Waals surface area contributed by atoms with Gasteiger partial charge in [-0.05, 0) is 35.6 Å². The molecule has 2 aromatic rings. The van der Waals surface area contributed by atoms with Crippen LogP contribution in [-0.2, 0) is 4.79 Å². The first kappa shape index (κ1) is 17.6. The van der Waals surface area contributed by atoms with Crippen molar-refractivity contribution in [2.24, 2.45) is 5.92 Å². The predicted octanol–water partition coefficient (Wildman–Crippen LogP) is 2.48. The molecule has 25 heavy (non-hydrogen) atoms. The Bertz CT molecular complexity index is 705. The third-order valence-corrected chi connectivity index (χ3v) is 5.00. The monoisotopic (exact) mass is 343 g/mol. The average molecular weight is 343 g/mol. The Morgan fingerprint density at radius 1 is 1.08 bits per heavy atom. The molecule has 4 nitrogen and oxygen atoms in total. The van der Waals surface area contributed by atoms with Crippen molar-refractivity contribution in [2.45, 2.75) is 18.4 Å². The second-order valence-corrected chi connectivity index (χ2v) is 6.38. The maximum Gasteiger partial charge on any atom is 0.229 e. The molecule has 0 aromatic heterocycles. The van der Waals surface area contributed by atoms with E-state index in [0.717, 1.165) is 11.1 Å². The summed E-state index contributed by atoms with van der Waals surface area (Å²) in [6.45, 7) is 0.0386. The fraction of sp³-hybridized carbons (Fsp3) is 0.350. The van der Waals surface area contributed by atoms with Crippen molar-refractivity contribution < 1.29 is 19.4 Å². The van der Waals surface area contributed by atoms with Gasteiger partial charge in [0.05, 0.1) is 25.2 Å². The van der Waals surface area contributed by atoms with Crippen LogP contribution in [0, 0.1) is 11.7 Å². The maximum atomic E-state index is 13.2. The van der Waals surface area contributed by atoms with Gasteiger partial charge in [0.15, 0.2) is 0 Å². The smallest absolute Gasteiger partial charge is 0.229 e. The van der Waals surface area contributed by atoms with Crippen LogP contribution < -0.4 is 0 Å². The number of hydrogen-bond donors (Lipinski definition) is 2. The van der Waals surface area contributed by atoms with Gasteiger partial charge in [-0.15, -0.1) is 0 Å². The molecule has 0 unspecified atom stereocenters. The number of aliphatic hydroxyl groups is 2. The number of carbonyl (C=O) groups excluding carboxylic acids is 1. The summed E-state index contributed by atoms with van der Waals surface area (Å²) in [5.74, 6) is -1.23. The van der Waals surface area contributed by atoms with Gasteiger partial charge in [-0.2, -0.15) is 0 Å². The van der Waals surface area contributed by atoms with Crippen LogP contribution in [0.15, 0.2) is 54.6 Å². The summed E-state index contributed by atoms with van der Waals surface area (Å²) in [4.78, 5) is 14.6. The van der Waals surface area contributed by atoms with E-state index in [0.29, 0.717) is 13.0 Å². The highest BCUT2D eigenvalue weighted by molar-refractivity contribution is 5.81. The first-order valence-corrected chi connectivity index (χ1v) is 8.48. The minimum absolute atomic E-state index is 0.149. The van der Waals surface area contributed by atoms with Crippen molar-refractivity contribution in [1.29, 1.82) is 0 Å². The Morgan fingerprint density at radius 2 is 1.76 bits per heavy atom. The third kappa shape index (κ3) is 3.57. The van der Waals surface area contributed by atoms with Crippen LogP contribution in [0.1, 0.15) is 29.5 Å². The highest BCUT2D eigenvalue weighted by Crippen LogP contribution is 2.37. The zero-order valence-electron chi connectivity index (χ0n) is 13.9. The van der Waals surface area contributed by atoms with Gasteiger partial charge in [-0.3, -0.25) is 4.79 Å². The van der Waals surface area contributed by atoms with Crippen LogP contribution in [-0.4, -0.2) is 40.8 Å². The lowest BCUT2D eigenvalue weighted by molar-refractivity contribution is -0.145. The van der Waals surface area contributed by atoms with Gasteiger partial charge in [-0.1, -0.05) is 42.5 Å². The Kier molecular flexibility index (Phi) is 5.46. The van der Waals surface area contributed by atoms with Crippen molar-refractivity contribution in [1.82, 2.24) is 4.90 Å². The van der Waals surface area contributed by atoms with E-state index >= 15 is 0 Å². The number of halogens is 1. The molecule has 2 N–H and O–H groups in total. The van der Waals surface area contributed by atoms with Crippen LogP contribution >= 0.6 is 0 Å². The molecule has 1 heterocycles. The fourth-order valence-corrected chi connectivity index (χ4v) is 3.66. The Hall–Kier alpha value is -2.24. The first-order chi connectivity index (χ1) is 12.2. The zero-order valence-corrected chi connectivity index (χ0v) is 13.9. The molecule has 1 aliphatic rings. The van der Waals surface area contributed by atoms with Crippen molar-refractivity contribution in [3.05, 3.63) is 71.5 Å². The lowest BCUT2D eigenvalue weighted by Crippen LogP contribution is -2.48. The molecular formula is C20H22FNO3. The fourth-order valence-electron chi connectivity index (χ4n) is 3.66. The molecule has 1 fully saturated rings. The van der Waals surface area contributed by atoms with Crippen molar-refractivity contribution in [3.63, 3.8) is 0 Å². The van der Waals surface area contributed by atoms with Gasteiger partial charge in [-0.25, -0.2) is 4.39 Å². The normalized spacial score (nSPS) is 22.0. The standard InChI is InChI=1S/C20H22FNO3/c21-16-8-6-14(7-9-16)17-10-11-22(20(25)18(17)12-23)19(13-24)15-4-2-1-3-5-15/h1-9,17-19,23-24H,10-13H2/t17-,18-,19+/m1/s1. The molecule has 1 amide bonds. The largest absolute Gasteiger partial charge is 0.396 e. The Labute approximate surface area is 146 Å². The van der Waals surface area contributed by atoms with E-state index in [9.17, 15) is 19.4 Å². The summed E-state index contributed by atoms with van der Waals surface area (Å²) in [7, 11) is 0. The summed E-state index contributed by atoms with van der Waals surface area (Å²) in [5, 5.41) is 19.6. The first-order valence-electron chi connectivity index (χ1n) is 8.48. The zero-order chi connectivity index (χ0) is 17.8.